The van der Waals surface area contributed by atoms with E-state index in [4.69, 9.17) is 14.9 Å². The normalized spacial score (nSPS) is 10.5. The zero-order valence-electron chi connectivity index (χ0n) is 9.68. The van der Waals surface area contributed by atoms with Gasteiger partial charge in [0.15, 0.2) is 0 Å². The van der Waals surface area contributed by atoms with Gasteiger partial charge in [-0.1, -0.05) is 0 Å². The van der Waals surface area contributed by atoms with Crippen LogP contribution in [-0.4, -0.2) is 6.26 Å². The van der Waals surface area contributed by atoms with Crippen molar-refractivity contribution in [2.75, 3.05) is 6.26 Å². The summed E-state index contributed by atoms with van der Waals surface area (Å²) in [7, 11) is 0. The molecule has 0 aliphatic carbocycles. The van der Waals surface area contributed by atoms with Gasteiger partial charge in [-0.2, -0.15) is 0 Å². The number of furan rings is 1. The molecular formula is C13H15NO2S. The first-order valence-corrected chi connectivity index (χ1v) is 6.58. The molecule has 0 radical (unpaired) electrons. The highest BCUT2D eigenvalue weighted by Crippen LogP contribution is 2.20. The van der Waals surface area contributed by atoms with Gasteiger partial charge in [0.2, 0.25) is 0 Å². The summed E-state index contributed by atoms with van der Waals surface area (Å²) in [4.78, 5) is 1.22. The monoisotopic (exact) mass is 249 g/mol. The predicted molar refractivity (Wildman–Crippen MR) is 69.2 cm³/mol. The van der Waals surface area contributed by atoms with Crippen LogP contribution in [0.15, 0.2) is 45.9 Å². The fourth-order valence-corrected chi connectivity index (χ4v) is 1.90. The van der Waals surface area contributed by atoms with Gasteiger partial charge in [-0.25, -0.2) is 0 Å². The molecule has 0 aliphatic heterocycles. The van der Waals surface area contributed by atoms with Crippen LogP contribution in [0.5, 0.6) is 5.75 Å². The van der Waals surface area contributed by atoms with Gasteiger partial charge in [0.05, 0.1) is 6.26 Å². The van der Waals surface area contributed by atoms with Gasteiger partial charge in [-0.05, 0) is 36.6 Å². The first kappa shape index (κ1) is 12.1. The Bertz CT molecular complexity index is 465. The summed E-state index contributed by atoms with van der Waals surface area (Å²) in [5.41, 5.74) is 6.58. The van der Waals surface area contributed by atoms with Gasteiger partial charge in [-0.3, -0.25) is 0 Å². The molecule has 90 valence electrons. The summed E-state index contributed by atoms with van der Waals surface area (Å²) in [6.45, 7) is 0.888. The van der Waals surface area contributed by atoms with E-state index in [0.29, 0.717) is 13.2 Å². The van der Waals surface area contributed by atoms with Gasteiger partial charge in [-0.15, -0.1) is 11.8 Å². The minimum absolute atomic E-state index is 0.415. The molecule has 0 atom stereocenters. The number of hydrogen-bond donors (Lipinski definition) is 1. The smallest absolute Gasteiger partial charge is 0.146 e. The van der Waals surface area contributed by atoms with Crippen molar-refractivity contribution in [1.82, 2.24) is 0 Å². The van der Waals surface area contributed by atoms with Crippen LogP contribution in [0, 0.1) is 0 Å². The van der Waals surface area contributed by atoms with Crippen molar-refractivity contribution >= 4 is 11.8 Å². The highest BCUT2D eigenvalue weighted by Gasteiger charge is 2.05. The second-order valence-electron chi connectivity index (χ2n) is 3.54. The first-order chi connectivity index (χ1) is 8.33. The molecule has 2 rings (SSSR count). The molecule has 2 aromatic rings. The van der Waals surface area contributed by atoms with Crippen molar-refractivity contribution in [3.05, 3.63) is 47.9 Å². The Labute approximate surface area is 105 Å². The van der Waals surface area contributed by atoms with Crippen molar-refractivity contribution < 1.29 is 9.15 Å². The molecule has 0 saturated heterocycles. The van der Waals surface area contributed by atoms with Crippen LogP contribution in [0.2, 0.25) is 0 Å². The molecule has 0 aliphatic rings. The SMILES string of the molecule is CSc1ccc(OCc2occc2CN)cc1. The lowest BCUT2D eigenvalue weighted by molar-refractivity contribution is 0.268. The third-order valence-electron chi connectivity index (χ3n) is 2.49. The number of hydrogen-bond acceptors (Lipinski definition) is 4. The molecule has 0 saturated carbocycles. The Morgan fingerprint density at radius 3 is 2.65 bits per heavy atom. The first-order valence-electron chi connectivity index (χ1n) is 5.35. The van der Waals surface area contributed by atoms with Crippen LogP contribution in [0.3, 0.4) is 0 Å². The van der Waals surface area contributed by atoms with E-state index in [-0.39, 0.29) is 0 Å². The summed E-state index contributed by atoms with van der Waals surface area (Å²) < 4.78 is 10.9. The van der Waals surface area contributed by atoms with E-state index in [2.05, 4.69) is 0 Å². The maximum Gasteiger partial charge on any atom is 0.146 e. The summed E-state index contributed by atoms with van der Waals surface area (Å²) in [6, 6.07) is 9.85. The van der Waals surface area contributed by atoms with Gasteiger partial charge in [0, 0.05) is 17.0 Å². The molecule has 1 heterocycles. The number of rotatable bonds is 5. The molecule has 1 aromatic heterocycles. The number of ether oxygens (including phenoxy) is 1. The largest absolute Gasteiger partial charge is 0.486 e. The Balaban J connectivity index is 1.97. The van der Waals surface area contributed by atoms with Gasteiger partial charge < -0.3 is 14.9 Å². The lowest BCUT2D eigenvalue weighted by Gasteiger charge is -2.06. The van der Waals surface area contributed by atoms with Crippen LogP contribution in [0.1, 0.15) is 11.3 Å². The molecule has 2 N–H and O–H groups in total. The average Bonchev–Trinajstić information content (AvgIpc) is 2.84. The lowest BCUT2D eigenvalue weighted by Crippen LogP contribution is -2.01. The molecule has 0 spiro atoms. The summed E-state index contributed by atoms with van der Waals surface area (Å²) in [5.74, 6) is 1.63. The quantitative estimate of drug-likeness (QED) is 0.827. The lowest BCUT2D eigenvalue weighted by atomic mass is 10.2. The summed E-state index contributed by atoms with van der Waals surface area (Å²) in [5, 5.41) is 0. The fraction of sp³-hybridized carbons (Fsp3) is 0.231. The number of thioether (sulfide) groups is 1. The van der Waals surface area contributed by atoms with Crippen molar-refractivity contribution in [1.29, 1.82) is 0 Å². The van der Waals surface area contributed by atoms with Crippen molar-refractivity contribution in [3.63, 3.8) is 0 Å². The van der Waals surface area contributed by atoms with E-state index >= 15 is 0 Å². The highest BCUT2D eigenvalue weighted by atomic mass is 32.2. The predicted octanol–water partition coefficient (Wildman–Crippen LogP) is 3.04. The molecule has 0 fully saturated rings. The molecule has 0 amide bonds. The number of nitrogens with two attached hydrogens (primary N) is 1. The van der Waals surface area contributed by atoms with E-state index < -0.39 is 0 Å². The summed E-state index contributed by atoms with van der Waals surface area (Å²) >= 11 is 1.71. The Morgan fingerprint density at radius 2 is 2.00 bits per heavy atom. The molecular weight excluding hydrogens is 234 g/mol. The third-order valence-corrected chi connectivity index (χ3v) is 3.23. The van der Waals surface area contributed by atoms with E-state index in [1.165, 1.54) is 4.90 Å². The van der Waals surface area contributed by atoms with Crippen LogP contribution in [-0.2, 0) is 13.2 Å². The van der Waals surface area contributed by atoms with Crippen LogP contribution in [0.4, 0.5) is 0 Å². The molecule has 1 aromatic carbocycles. The van der Waals surface area contributed by atoms with Crippen LogP contribution in [0.25, 0.3) is 0 Å². The zero-order chi connectivity index (χ0) is 12.1. The fourth-order valence-electron chi connectivity index (χ4n) is 1.50. The van der Waals surface area contributed by atoms with E-state index in [1.54, 1.807) is 18.0 Å². The number of benzene rings is 1. The van der Waals surface area contributed by atoms with Crippen LogP contribution >= 0.6 is 11.8 Å². The van der Waals surface area contributed by atoms with Crippen molar-refractivity contribution in [2.45, 2.75) is 18.0 Å². The Kier molecular flexibility index (Phi) is 4.12. The van der Waals surface area contributed by atoms with E-state index in [1.807, 2.05) is 36.6 Å². The molecule has 0 unspecified atom stereocenters. The minimum atomic E-state index is 0.415. The Hall–Kier alpha value is -1.39. The molecule has 4 heteroatoms. The second-order valence-corrected chi connectivity index (χ2v) is 4.42. The average molecular weight is 249 g/mol. The van der Waals surface area contributed by atoms with Gasteiger partial charge in [0.1, 0.15) is 18.1 Å². The molecule has 17 heavy (non-hydrogen) atoms. The van der Waals surface area contributed by atoms with Gasteiger partial charge in [0.25, 0.3) is 0 Å². The highest BCUT2D eigenvalue weighted by molar-refractivity contribution is 7.98. The molecule has 3 nitrogen and oxygen atoms in total. The maximum atomic E-state index is 5.63. The van der Waals surface area contributed by atoms with Crippen molar-refractivity contribution in [3.8, 4) is 5.75 Å². The maximum absolute atomic E-state index is 5.63. The van der Waals surface area contributed by atoms with Crippen LogP contribution < -0.4 is 10.5 Å². The zero-order valence-corrected chi connectivity index (χ0v) is 10.5. The van der Waals surface area contributed by atoms with Gasteiger partial charge >= 0.3 is 0 Å². The standard InChI is InChI=1S/C13H15NO2S/c1-17-12-4-2-11(3-5-12)16-9-13-10(8-14)6-7-15-13/h2-7H,8-9,14H2,1H3. The molecule has 0 bridgehead atoms. The van der Waals surface area contributed by atoms with Crippen molar-refractivity contribution in [2.24, 2.45) is 5.73 Å². The third kappa shape index (κ3) is 3.05. The Morgan fingerprint density at radius 1 is 1.24 bits per heavy atom. The summed E-state index contributed by atoms with van der Waals surface area (Å²) in [6.07, 6.45) is 3.68. The topological polar surface area (TPSA) is 48.4 Å². The minimum Gasteiger partial charge on any atom is -0.486 e. The van der Waals surface area contributed by atoms with E-state index in [9.17, 15) is 0 Å². The second kappa shape index (κ2) is 5.80. The van der Waals surface area contributed by atoms with E-state index in [0.717, 1.165) is 17.1 Å².